The number of nitrogens with one attached hydrogen (secondary N) is 2. The minimum atomic E-state index is -0.625. The standard InChI is InChI=1S/C28H34N8O3/c1-2-21-27(31-18-8-13-38-14-9-18)34-28(25(33-21)26(29)37)32-19-6-7-22-23(15-19)39-17-20-16-35(11-12-36(20)22)24-5-3-4-10-30-24/h3-7,10,15,18,20H,2,8-9,11-14,16-17H2,1H3,(H2,29,37)(H2,31,32,34). The number of ether oxygens (including phenoxy) is 2. The topological polar surface area (TPSA) is 131 Å². The lowest BCUT2D eigenvalue weighted by Gasteiger charge is -2.46. The van der Waals surface area contributed by atoms with Crippen molar-refractivity contribution >= 4 is 34.7 Å². The maximum Gasteiger partial charge on any atom is 0.271 e. The summed E-state index contributed by atoms with van der Waals surface area (Å²) in [5.74, 6) is 2.15. The number of pyridine rings is 1. The van der Waals surface area contributed by atoms with Crippen LogP contribution in [0.15, 0.2) is 42.6 Å². The first-order valence-electron chi connectivity index (χ1n) is 13.6. The molecule has 0 aliphatic carbocycles. The number of aryl methyl sites for hydroxylation is 1. The Labute approximate surface area is 227 Å². The van der Waals surface area contributed by atoms with Gasteiger partial charge in [-0.15, -0.1) is 0 Å². The minimum absolute atomic E-state index is 0.119. The number of amides is 1. The first kappa shape index (κ1) is 25.2. The van der Waals surface area contributed by atoms with Gasteiger partial charge in [0.05, 0.1) is 17.4 Å². The van der Waals surface area contributed by atoms with Crippen molar-refractivity contribution in [2.24, 2.45) is 5.73 Å². The predicted molar refractivity (Wildman–Crippen MR) is 150 cm³/mol. The maximum atomic E-state index is 12.3. The van der Waals surface area contributed by atoms with Crippen LogP contribution in [0.25, 0.3) is 0 Å². The molecule has 204 valence electrons. The van der Waals surface area contributed by atoms with Gasteiger partial charge in [0.15, 0.2) is 17.3 Å². The lowest BCUT2D eigenvalue weighted by atomic mass is 10.1. The van der Waals surface area contributed by atoms with E-state index in [1.807, 2.05) is 43.5 Å². The Balaban J connectivity index is 1.22. The summed E-state index contributed by atoms with van der Waals surface area (Å²) in [6, 6.07) is 12.5. The third-order valence-corrected chi connectivity index (χ3v) is 7.52. The smallest absolute Gasteiger partial charge is 0.271 e. The van der Waals surface area contributed by atoms with E-state index in [0.29, 0.717) is 43.6 Å². The van der Waals surface area contributed by atoms with Gasteiger partial charge in [-0.3, -0.25) is 4.79 Å². The molecule has 6 rings (SSSR count). The third kappa shape index (κ3) is 5.26. The molecular weight excluding hydrogens is 496 g/mol. The Morgan fingerprint density at radius 3 is 2.77 bits per heavy atom. The molecule has 0 spiro atoms. The molecule has 3 aliphatic rings. The number of aromatic nitrogens is 3. The van der Waals surface area contributed by atoms with E-state index in [1.165, 1.54) is 0 Å². The third-order valence-electron chi connectivity index (χ3n) is 7.52. The van der Waals surface area contributed by atoms with Gasteiger partial charge in [-0.25, -0.2) is 15.0 Å². The Bertz CT molecular complexity index is 1330. The van der Waals surface area contributed by atoms with Gasteiger partial charge in [-0.1, -0.05) is 13.0 Å². The van der Waals surface area contributed by atoms with Crippen LogP contribution in [0.2, 0.25) is 0 Å². The number of piperazine rings is 1. The molecular formula is C28H34N8O3. The quantitative estimate of drug-likeness (QED) is 0.419. The number of carbonyl (C=O) groups is 1. The highest BCUT2D eigenvalue weighted by Crippen LogP contribution is 2.38. The Hall–Kier alpha value is -4.12. The van der Waals surface area contributed by atoms with E-state index in [1.54, 1.807) is 0 Å². The molecule has 0 saturated carbocycles. The summed E-state index contributed by atoms with van der Waals surface area (Å²) < 4.78 is 11.7. The largest absolute Gasteiger partial charge is 0.489 e. The Morgan fingerprint density at radius 2 is 2.00 bits per heavy atom. The molecule has 39 heavy (non-hydrogen) atoms. The summed E-state index contributed by atoms with van der Waals surface area (Å²) in [7, 11) is 0. The highest BCUT2D eigenvalue weighted by atomic mass is 16.5. The molecule has 11 heteroatoms. The molecule has 0 radical (unpaired) electrons. The molecule has 3 aliphatic heterocycles. The molecule has 5 heterocycles. The monoisotopic (exact) mass is 530 g/mol. The van der Waals surface area contributed by atoms with Crippen LogP contribution in [-0.4, -0.2) is 72.4 Å². The lowest BCUT2D eigenvalue weighted by molar-refractivity contribution is 0.0903. The van der Waals surface area contributed by atoms with Gasteiger partial charge in [0.2, 0.25) is 0 Å². The van der Waals surface area contributed by atoms with Gasteiger partial charge in [0.25, 0.3) is 5.91 Å². The van der Waals surface area contributed by atoms with Crippen molar-refractivity contribution in [2.75, 3.05) is 59.9 Å². The van der Waals surface area contributed by atoms with Gasteiger partial charge in [-0.2, -0.15) is 0 Å². The summed E-state index contributed by atoms with van der Waals surface area (Å²) in [6.45, 7) is 6.60. The van der Waals surface area contributed by atoms with Gasteiger partial charge in [0, 0.05) is 56.8 Å². The van der Waals surface area contributed by atoms with Crippen molar-refractivity contribution in [3.8, 4) is 5.75 Å². The lowest BCUT2D eigenvalue weighted by Crippen LogP contribution is -2.57. The van der Waals surface area contributed by atoms with Crippen LogP contribution < -0.4 is 30.9 Å². The number of benzene rings is 1. The fraction of sp³-hybridized carbons (Fsp3) is 0.429. The maximum absolute atomic E-state index is 12.3. The number of fused-ring (bicyclic) bond motifs is 3. The zero-order valence-electron chi connectivity index (χ0n) is 22.1. The van der Waals surface area contributed by atoms with Crippen molar-refractivity contribution in [3.05, 3.63) is 54.0 Å². The van der Waals surface area contributed by atoms with Crippen LogP contribution in [0.1, 0.15) is 35.9 Å². The molecule has 1 unspecified atom stereocenters. The number of hydrogen-bond donors (Lipinski definition) is 3. The molecule has 3 aromatic rings. The fourth-order valence-electron chi connectivity index (χ4n) is 5.46. The SMILES string of the molecule is CCc1nc(C(N)=O)c(Nc2ccc3c(c2)OCC2CN(c4ccccn4)CCN32)nc1NC1CCOCC1. The second kappa shape index (κ2) is 10.9. The summed E-state index contributed by atoms with van der Waals surface area (Å²) in [5, 5.41) is 6.78. The molecule has 1 atom stereocenters. The number of rotatable bonds is 7. The molecule has 11 nitrogen and oxygen atoms in total. The zero-order chi connectivity index (χ0) is 26.8. The average molecular weight is 531 g/mol. The molecule has 1 aromatic carbocycles. The molecule has 0 bridgehead atoms. The van der Waals surface area contributed by atoms with Crippen LogP contribution in [0.4, 0.5) is 28.8 Å². The molecule has 1 amide bonds. The summed E-state index contributed by atoms with van der Waals surface area (Å²) >= 11 is 0. The first-order valence-corrected chi connectivity index (χ1v) is 13.6. The second-order valence-electron chi connectivity index (χ2n) is 10.1. The Morgan fingerprint density at radius 1 is 1.13 bits per heavy atom. The van der Waals surface area contributed by atoms with E-state index in [-0.39, 0.29) is 17.8 Å². The molecule has 2 saturated heterocycles. The Kier molecular flexibility index (Phi) is 7.06. The zero-order valence-corrected chi connectivity index (χ0v) is 22.1. The van der Waals surface area contributed by atoms with Crippen LogP contribution in [0.5, 0.6) is 5.75 Å². The van der Waals surface area contributed by atoms with Crippen LogP contribution in [0, 0.1) is 0 Å². The van der Waals surface area contributed by atoms with Gasteiger partial charge in [0.1, 0.15) is 18.2 Å². The summed E-state index contributed by atoms with van der Waals surface area (Å²) in [6.07, 6.45) is 4.24. The number of anilines is 5. The second-order valence-corrected chi connectivity index (χ2v) is 10.1. The molecule has 4 N–H and O–H groups in total. The van der Waals surface area contributed by atoms with Crippen LogP contribution >= 0.6 is 0 Å². The van der Waals surface area contributed by atoms with Gasteiger partial charge < -0.3 is 35.6 Å². The summed E-state index contributed by atoms with van der Waals surface area (Å²) in [4.78, 5) is 30.9. The highest BCUT2D eigenvalue weighted by molar-refractivity contribution is 5.96. The number of primary amides is 1. The van der Waals surface area contributed by atoms with E-state index >= 15 is 0 Å². The first-order chi connectivity index (χ1) is 19.1. The normalized spacial score (nSPS) is 19.1. The van der Waals surface area contributed by atoms with Crippen molar-refractivity contribution in [3.63, 3.8) is 0 Å². The van der Waals surface area contributed by atoms with Crippen LogP contribution in [-0.2, 0) is 11.2 Å². The van der Waals surface area contributed by atoms with Crippen molar-refractivity contribution in [1.82, 2.24) is 15.0 Å². The van der Waals surface area contributed by atoms with Gasteiger partial charge in [-0.05, 0) is 43.5 Å². The molecule has 2 aromatic heterocycles. The predicted octanol–water partition coefficient (Wildman–Crippen LogP) is 2.96. The van der Waals surface area contributed by atoms with E-state index in [4.69, 9.17) is 20.2 Å². The van der Waals surface area contributed by atoms with E-state index in [9.17, 15) is 4.79 Å². The summed E-state index contributed by atoms with van der Waals surface area (Å²) in [5.41, 5.74) is 8.34. The van der Waals surface area contributed by atoms with E-state index in [0.717, 1.165) is 55.4 Å². The van der Waals surface area contributed by atoms with Crippen molar-refractivity contribution < 1.29 is 14.3 Å². The van der Waals surface area contributed by atoms with Crippen molar-refractivity contribution in [2.45, 2.75) is 38.3 Å². The van der Waals surface area contributed by atoms with Gasteiger partial charge >= 0.3 is 0 Å². The van der Waals surface area contributed by atoms with E-state index in [2.05, 4.69) is 36.5 Å². The highest BCUT2D eigenvalue weighted by Gasteiger charge is 2.33. The van der Waals surface area contributed by atoms with Crippen molar-refractivity contribution in [1.29, 1.82) is 0 Å². The minimum Gasteiger partial charge on any atom is -0.489 e. The number of carbonyl (C=O) groups excluding carboxylic acids is 1. The number of nitrogens with two attached hydrogens (primary N) is 1. The average Bonchev–Trinajstić information content (AvgIpc) is 2.97. The van der Waals surface area contributed by atoms with Crippen LogP contribution in [0.3, 0.4) is 0 Å². The number of nitrogens with zero attached hydrogens (tertiary/aromatic N) is 5. The number of hydrogen-bond acceptors (Lipinski definition) is 10. The van der Waals surface area contributed by atoms with E-state index < -0.39 is 5.91 Å². The molecule has 2 fully saturated rings. The fourth-order valence-corrected chi connectivity index (χ4v) is 5.46.